The van der Waals surface area contributed by atoms with E-state index in [1.54, 1.807) is 0 Å². The van der Waals surface area contributed by atoms with Crippen LogP contribution in [0.3, 0.4) is 0 Å². The van der Waals surface area contributed by atoms with Gasteiger partial charge in [-0.15, -0.1) is 0 Å². The van der Waals surface area contributed by atoms with Gasteiger partial charge in [0.15, 0.2) is 0 Å². The highest BCUT2D eigenvalue weighted by Crippen LogP contribution is 2.28. The Bertz CT molecular complexity index is 159. The summed E-state index contributed by atoms with van der Waals surface area (Å²) in [5.74, 6) is 0.886. The number of hydrogen-bond donors (Lipinski definition) is 1. The van der Waals surface area contributed by atoms with E-state index in [0.717, 1.165) is 32.1 Å². The Morgan fingerprint density at radius 2 is 2.06 bits per heavy atom. The van der Waals surface area contributed by atoms with Crippen LogP contribution in [0.5, 0.6) is 0 Å². The second kappa shape index (κ2) is 8.04. The third-order valence-electron chi connectivity index (χ3n) is 3.12. The fourth-order valence-corrected chi connectivity index (χ4v) is 1.71. The number of unbranched alkanes of at least 4 members (excludes halogenated alkanes) is 1. The fraction of sp³-hybridized carbons (Fsp3) is 1.00. The normalized spacial score (nSPS) is 18.0. The molecule has 2 N–H and O–H groups in total. The maximum absolute atomic E-state index is 5.71. The average Bonchev–Trinajstić information content (AvgIpc) is 3.03. The minimum Gasteiger partial charge on any atom is -0.380 e. The molecule has 0 amide bonds. The van der Waals surface area contributed by atoms with E-state index in [9.17, 15) is 0 Å². The Morgan fingerprint density at radius 3 is 2.69 bits per heavy atom. The first-order valence-electron chi connectivity index (χ1n) is 6.70. The van der Waals surface area contributed by atoms with Crippen LogP contribution in [0.1, 0.15) is 39.0 Å². The van der Waals surface area contributed by atoms with Crippen LogP contribution in [-0.4, -0.2) is 44.3 Å². The lowest BCUT2D eigenvalue weighted by molar-refractivity contribution is 0.103. The van der Waals surface area contributed by atoms with Crippen molar-refractivity contribution >= 4 is 0 Å². The summed E-state index contributed by atoms with van der Waals surface area (Å²) in [4.78, 5) is 2.36. The van der Waals surface area contributed by atoms with Crippen molar-refractivity contribution in [1.82, 2.24) is 4.90 Å². The van der Waals surface area contributed by atoms with Crippen molar-refractivity contribution in [3.05, 3.63) is 0 Å². The molecule has 0 heterocycles. The SMILES string of the molecule is CC(N)CCCCN(C)CCOCC1CC1. The van der Waals surface area contributed by atoms with Gasteiger partial charge in [-0.25, -0.2) is 0 Å². The lowest BCUT2D eigenvalue weighted by Gasteiger charge is -2.16. The molecule has 1 aliphatic rings. The second-order valence-corrected chi connectivity index (χ2v) is 5.29. The van der Waals surface area contributed by atoms with E-state index < -0.39 is 0 Å². The van der Waals surface area contributed by atoms with E-state index in [1.807, 2.05) is 0 Å². The van der Waals surface area contributed by atoms with Gasteiger partial charge in [-0.2, -0.15) is 0 Å². The maximum Gasteiger partial charge on any atom is 0.0593 e. The third-order valence-corrected chi connectivity index (χ3v) is 3.12. The zero-order valence-electron chi connectivity index (χ0n) is 11.0. The number of ether oxygens (including phenoxy) is 1. The van der Waals surface area contributed by atoms with Crippen molar-refractivity contribution in [2.75, 3.05) is 33.4 Å². The van der Waals surface area contributed by atoms with Gasteiger partial charge in [0.2, 0.25) is 0 Å². The minimum absolute atomic E-state index is 0.354. The molecule has 1 saturated carbocycles. The van der Waals surface area contributed by atoms with Crippen LogP contribution in [0, 0.1) is 5.92 Å². The summed E-state index contributed by atoms with van der Waals surface area (Å²) in [6.07, 6.45) is 6.40. The summed E-state index contributed by atoms with van der Waals surface area (Å²) in [6.45, 7) is 6.18. The minimum atomic E-state index is 0.354. The monoisotopic (exact) mass is 228 g/mol. The van der Waals surface area contributed by atoms with E-state index >= 15 is 0 Å². The molecular weight excluding hydrogens is 200 g/mol. The summed E-state index contributed by atoms with van der Waals surface area (Å²) in [6, 6.07) is 0.354. The van der Waals surface area contributed by atoms with Gasteiger partial charge in [-0.05, 0) is 52.1 Å². The van der Waals surface area contributed by atoms with E-state index in [-0.39, 0.29) is 0 Å². The lowest BCUT2D eigenvalue weighted by atomic mass is 10.1. The molecule has 1 rings (SSSR count). The van der Waals surface area contributed by atoms with Crippen LogP contribution in [0.25, 0.3) is 0 Å². The third kappa shape index (κ3) is 8.08. The summed E-state index contributed by atoms with van der Waals surface area (Å²) in [7, 11) is 2.17. The highest BCUT2D eigenvalue weighted by Gasteiger charge is 2.20. The molecular formula is C13H28N2O. The molecule has 0 radical (unpaired) electrons. The number of nitrogens with zero attached hydrogens (tertiary/aromatic N) is 1. The van der Waals surface area contributed by atoms with Crippen molar-refractivity contribution in [2.45, 2.75) is 45.1 Å². The molecule has 1 aliphatic carbocycles. The lowest BCUT2D eigenvalue weighted by Crippen LogP contribution is -2.25. The number of rotatable bonds is 10. The van der Waals surface area contributed by atoms with E-state index in [0.29, 0.717) is 6.04 Å². The summed E-state index contributed by atoms with van der Waals surface area (Å²) in [5.41, 5.74) is 5.71. The highest BCUT2D eigenvalue weighted by molar-refractivity contribution is 4.71. The Hall–Kier alpha value is -0.120. The van der Waals surface area contributed by atoms with Crippen molar-refractivity contribution in [3.8, 4) is 0 Å². The molecule has 0 bridgehead atoms. The largest absolute Gasteiger partial charge is 0.380 e. The standard InChI is InChI=1S/C13H28N2O/c1-12(14)5-3-4-8-15(2)9-10-16-11-13-6-7-13/h12-13H,3-11,14H2,1-2H3. The van der Waals surface area contributed by atoms with E-state index in [2.05, 4.69) is 18.9 Å². The zero-order valence-corrected chi connectivity index (χ0v) is 11.0. The molecule has 1 atom stereocenters. The van der Waals surface area contributed by atoms with Crippen LogP contribution >= 0.6 is 0 Å². The van der Waals surface area contributed by atoms with Gasteiger partial charge in [0.1, 0.15) is 0 Å². The van der Waals surface area contributed by atoms with Gasteiger partial charge in [0.25, 0.3) is 0 Å². The molecule has 3 heteroatoms. The van der Waals surface area contributed by atoms with Gasteiger partial charge in [-0.3, -0.25) is 0 Å². The van der Waals surface area contributed by atoms with E-state index in [1.165, 1.54) is 32.2 Å². The number of likely N-dealkylation sites (N-methyl/N-ethyl adjacent to an activating group) is 1. The van der Waals surface area contributed by atoms with Gasteiger partial charge in [-0.1, -0.05) is 6.42 Å². The molecule has 0 aromatic rings. The van der Waals surface area contributed by atoms with E-state index in [4.69, 9.17) is 10.5 Å². The summed E-state index contributed by atoms with van der Waals surface area (Å²) >= 11 is 0. The van der Waals surface area contributed by atoms with Crippen LogP contribution in [-0.2, 0) is 4.74 Å². The average molecular weight is 228 g/mol. The predicted octanol–water partition coefficient (Wildman–Crippen LogP) is 1.86. The molecule has 0 aromatic heterocycles. The van der Waals surface area contributed by atoms with Crippen molar-refractivity contribution in [3.63, 3.8) is 0 Å². The topological polar surface area (TPSA) is 38.5 Å². The molecule has 0 aliphatic heterocycles. The van der Waals surface area contributed by atoms with Crippen molar-refractivity contribution < 1.29 is 4.74 Å². The molecule has 1 fully saturated rings. The quantitative estimate of drug-likeness (QED) is 0.580. The van der Waals surface area contributed by atoms with Crippen LogP contribution in [0.4, 0.5) is 0 Å². The summed E-state index contributed by atoms with van der Waals surface area (Å²) in [5, 5.41) is 0. The van der Waals surface area contributed by atoms with Gasteiger partial charge >= 0.3 is 0 Å². The van der Waals surface area contributed by atoms with Crippen molar-refractivity contribution in [1.29, 1.82) is 0 Å². The zero-order chi connectivity index (χ0) is 11.8. The van der Waals surface area contributed by atoms with Crippen LogP contribution in [0.2, 0.25) is 0 Å². The highest BCUT2D eigenvalue weighted by atomic mass is 16.5. The molecule has 16 heavy (non-hydrogen) atoms. The molecule has 0 spiro atoms. The number of nitrogens with two attached hydrogens (primary N) is 1. The van der Waals surface area contributed by atoms with Gasteiger partial charge in [0, 0.05) is 19.2 Å². The molecule has 96 valence electrons. The fourth-order valence-electron chi connectivity index (χ4n) is 1.71. The Morgan fingerprint density at radius 1 is 1.31 bits per heavy atom. The summed E-state index contributed by atoms with van der Waals surface area (Å²) < 4.78 is 5.61. The first kappa shape index (κ1) is 13.9. The Labute approximate surface area is 100 Å². The molecule has 1 unspecified atom stereocenters. The smallest absolute Gasteiger partial charge is 0.0593 e. The molecule has 3 nitrogen and oxygen atoms in total. The number of hydrogen-bond acceptors (Lipinski definition) is 3. The maximum atomic E-state index is 5.71. The first-order chi connectivity index (χ1) is 7.68. The molecule has 0 aromatic carbocycles. The van der Waals surface area contributed by atoms with Crippen LogP contribution in [0.15, 0.2) is 0 Å². The first-order valence-corrected chi connectivity index (χ1v) is 6.70. The predicted molar refractivity (Wildman–Crippen MR) is 68.5 cm³/mol. The molecule has 0 saturated heterocycles. The Kier molecular flexibility index (Phi) is 7.01. The van der Waals surface area contributed by atoms with Gasteiger partial charge in [0.05, 0.1) is 6.61 Å². The van der Waals surface area contributed by atoms with Crippen molar-refractivity contribution in [2.24, 2.45) is 11.7 Å². The van der Waals surface area contributed by atoms with Crippen LogP contribution < -0.4 is 5.73 Å². The van der Waals surface area contributed by atoms with Gasteiger partial charge < -0.3 is 15.4 Å². The second-order valence-electron chi connectivity index (χ2n) is 5.29. The Balaban J connectivity index is 1.79.